The molecular formula is C23H13N5O3. The average molecular weight is 407 g/mol. The lowest BCUT2D eigenvalue weighted by Gasteiger charge is -2.09. The fourth-order valence-electron chi connectivity index (χ4n) is 3.18. The van der Waals surface area contributed by atoms with Crippen LogP contribution in [0.3, 0.4) is 0 Å². The largest absolute Gasteiger partial charge is 0.459 e. The number of fused-ring (bicyclic) bond motifs is 1. The second-order valence-corrected chi connectivity index (χ2v) is 6.61. The first-order valence-electron chi connectivity index (χ1n) is 9.30. The summed E-state index contributed by atoms with van der Waals surface area (Å²) in [7, 11) is 0. The Hall–Kier alpha value is -4.77. The molecule has 2 aromatic carbocycles. The number of furan rings is 1. The van der Waals surface area contributed by atoms with Gasteiger partial charge in [0.2, 0.25) is 0 Å². The van der Waals surface area contributed by atoms with Crippen molar-refractivity contribution in [1.29, 1.82) is 5.26 Å². The molecule has 8 heteroatoms. The van der Waals surface area contributed by atoms with Crippen LogP contribution in [-0.4, -0.2) is 21.1 Å². The minimum absolute atomic E-state index is 0.0703. The summed E-state index contributed by atoms with van der Waals surface area (Å²) in [5.41, 5.74) is 2.84. The molecule has 0 radical (unpaired) electrons. The highest BCUT2D eigenvalue weighted by molar-refractivity contribution is 6.12. The van der Waals surface area contributed by atoms with E-state index < -0.39 is 5.91 Å². The van der Waals surface area contributed by atoms with E-state index in [-0.39, 0.29) is 11.9 Å². The normalized spacial score (nSPS) is 10.7. The molecule has 31 heavy (non-hydrogen) atoms. The number of hydrogen-bond acceptors (Lipinski definition) is 7. The summed E-state index contributed by atoms with van der Waals surface area (Å²) >= 11 is 0. The van der Waals surface area contributed by atoms with Gasteiger partial charge in [-0.05, 0) is 36.4 Å². The van der Waals surface area contributed by atoms with Gasteiger partial charge in [0.15, 0.2) is 5.76 Å². The van der Waals surface area contributed by atoms with Gasteiger partial charge in [0.25, 0.3) is 11.8 Å². The highest BCUT2D eigenvalue weighted by Crippen LogP contribution is 2.27. The van der Waals surface area contributed by atoms with Crippen molar-refractivity contribution in [2.45, 2.75) is 0 Å². The highest BCUT2D eigenvalue weighted by atomic mass is 16.4. The number of aromatic nitrogens is 3. The molecule has 0 aliphatic heterocycles. The lowest BCUT2D eigenvalue weighted by atomic mass is 10.0. The van der Waals surface area contributed by atoms with Gasteiger partial charge in [-0.2, -0.15) is 5.26 Å². The number of nitriles is 1. The Labute approximate surface area is 175 Å². The minimum atomic E-state index is -0.464. The van der Waals surface area contributed by atoms with Crippen LogP contribution in [0, 0.1) is 11.3 Å². The van der Waals surface area contributed by atoms with Crippen molar-refractivity contribution in [2.24, 2.45) is 0 Å². The number of nitrogens with one attached hydrogen (secondary N) is 1. The Kier molecular flexibility index (Phi) is 4.46. The topological polar surface area (TPSA) is 118 Å². The Bertz CT molecular complexity index is 1430. The van der Waals surface area contributed by atoms with Crippen LogP contribution >= 0.6 is 0 Å². The van der Waals surface area contributed by atoms with Gasteiger partial charge in [0.1, 0.15) is 0 Å². The zero-order valence-corrected chi connectivity index (χ0v) is 15.9. The molecule has 0 aliphatic carbocycles. The lowest BCUT2D eigenvalue weighted by molar-refractivity contribution is 0.102. The summed E-state index contributed by atoms with van der Waals surface area (Å²) < 4.78 is 10.7. The summed E-state index contributed by atoms with van der Waals surface area (Å²) in [6.07, 6.45) is 1.48. The molecule has 148 valence electrons. The second-order valence-electron chi connectivity index (χ2n) is 6.61. The number of hydrogen-bond donors (Lipinski definition) is 1. The molecule has 0 atom stereocenters. The smallest absolute Gasteiger partial charge is 0.322 e. The van der Waals surface area contributed by atoms with E-state index >= 15 is 0 Å². The Morgan fingerprint density at radius 3 is 2.65 bits per heavy atom. The molecule has 1 N–H and O–H groups in total. The zero-order valence-electron chi connectivity index (χ0n) is 15.9. The molecule has 1 amide bonds. The van der Waals surface area contributed by atoms with E-state index in [0.29, 0.717) is 33.5 Å². The fourth-order valence-corrected chi connectivity index (χ4v) is 3.18. The first-order chi connectivity index (χ1) is 15.2. The molecule has 3 heterocycles. The number of anilines is 1. The molecule has 0 saturated carbocycles. The third-order valence-electron chi connectivity index (χ3n) is 4.63. The van der Waals surface area contributed by atoms with Crippen LogP contribution < -0.4 is 5.32 Å². The molecule has 0 saturated heterocycles. The quantitative estimate of drug-likeness (QED) is 0.460. The number of pyridine rings is 1. The van der Waals surface area contributed by atoms with Crippen LogP contribution in [0.2, 0.25) is 0 Å². The van der Waals surface area contributed by atoms with Crippen LogP contribution in [-0.2, 0) is 0 Å². The van der Waals surface area contributed by atoms with E-state index in [1.807, 2.05) is 30.3 Å². The molecule has 0 fully saturated rings. The number of amides is 1. The van der Waals surface area contributed by atoms with Crippen LogP contribution in [0.25, 0.3) is 33.8 Å². The number of carbonyl (C=O) groups is 1. The summed E-state index contributed by atoms with van der Waals surface area (Å²) in [4.78, 5) is 17.8. The average Bonchev–Trinajstić information content (AvgIpc) is 3.50. The van der Waals surface area contributed by atoms with Gasteiger partial charge in [-0.3, -0.25) is 10.1 Å². The van der Waals surface area contributed by atoms with Gasteiger partial charge < -0.3 is 8.83 Å². The predicted octanol–water partition coefficient (Wildman–Crippen LogP) is 4.67. The molecular weight excluding hydrogens is 394 g/mol. The van der Waals surface area contributed by atoms with Crippen LogP contribution in [0.1, 0.15) is 15.9 Å². The third-order valence-corrected chi connectivity index (χ3v) is 4.63. The monoisotopic (exact) mass is 407 g/mol. The molecule has 5 aromatic rings. The van der Waals surface area contributed by atoms with Crippen LogP contribution in [0.5, 0.6) is 0 Å². The van der Waals surface area contributed by atoms with Crippen molar-refractivity contribution in [3.63, 3.8) is 0 Å². The van der Waals surface area contributed by atoms with Crippen molar-refractivity contribution >= 4 is 22.8 Å². The predicted molar refractivity (Wildman–Crippen MR) is 112 cm³/mol. The van der Waals surface area contributed by atoms with Gasteiger partial charge in [-0.25, -0.2) is 4.98 Å². The van der Waals surface area contributed by atoms with E-state index in [2.05, 4.69) is 26.6 Å². The van der Waals surface area contributed by atoms with E-state index in [1.165, 1.54) is 6.26 Å². The minimum Gasteiger partial charge on any atom is -0.459 e. The number of rotatable bonds is 4. The summed E-state index contributed by atoms with van der Waals surface area (Å²) in [5, 5.41) is 20.2. The number of benzene rings is 2. The molecule has 0 aliphatic rings. The SMILES string of the molecule is N#Cc1ccc2nc(-c3ccccc3)cc(C(=O)Nc3nnc(-c4ccco4)o3)c2c1. The van der Waals surface area contributed by atoms with E-state index in [1.54, 1.807) is 36.4 Å². The summed E-state index contributed by atoms with van der Waals surface area (Å²) in [6.45, 7) is 0. The van der Waals surface area contributed by atoms with Gasteiger partial charge >= 0.3 is 6.01 Å². The van der Waals surface area contributed by atoms with Gasteiger partial charge in [-0.15, -0.1) is 5.10 Å². The maximum Gasteiger partial charge on any atom is 0.322 e. The molecule has 8 nitrogen and oxygen atoms in total. The molecule has 3 aromatic heterocycles. The number of carbonyl (C=O) groups excluding carboxylic acids is 1. The Morgan fingerprint density at radius 2 is 1.87 bits per heavy atom. The maximum absolute atomic E-state index is 13.1. The first kappa shape index (κ1) is 18.3. The summed E-state index contributed by atoms with van der Waals surface area (Å²) in [5.74, 6) is 0.0818. The standard InChI is InChI=1S/C23H13N5O3/c24-13-14-8-9-18-16(11-14)17(12-19(25-18)15-5-2-1-3-6-15)21(29)26-23-28-27-22(31-23)20-7-4-10-30-20/h1-12H,(H,26,28,29). The third kappa shape index (κ3) is 3.52. The highest BCUT2D eigenvalue weighted by Gasteiger charge is 2.18. The second kappa shape index (κ2) is 7.57. The van der Waals surface area contributed by atoms with Gasteiger partial charge in [-0.1, -0.05) is 35.4 Å². The molecule has 0 spiro atoms. The fraction of sp³-hybridized carbons (Fsp3) is 0. The first-order valence-corrected chi connectivity index (χ1v) is 9.30. The zero-order chi connectivity index (χ0) is 21.2. The van der Waals surface area contributed by atoms with E-state index in [4.69, 9.17) is 8.83 Å². The number of nitrogens with zero attached hydrogens (tertiary/aromatic N) is 4. The van der Waals surface area contributed by atoms with E-state index in [9.17, 15) is 10.1 Å². The van der Waals surface area contributed by atoms with Gasteiger partial charge in [0.05, 0.1) is 34.7 Å². The van der Waals surface area contributed by atoms with Crippen molar-refractivity contribution in [1.82, 2.24) is 15.2 Å². The van der Waals surface area contributed by atoms with Crippen LogP contribution in [0.15, 0.2) is 81.8 Å². The maximum atomic E-state index is 13.1. The Balaban J connectivity index is 1.57. The van der Waals surface area contributed by atoms with Gasteiger partial charge in [0, 0.05) is 10.9 Å². The molecule has 5 rings (SSSR count). The van der Waals surface area contributed by atoms with Crippen molar-refractivity contribution < 1.29 is 13.6 Å². The van der Waals surface area contributed by atoms with Crippen LogP contribution in [0.4, 0.5) is 6.01 Å². The van der Waals surface area contributed by atoms with Crippen molar-refractivity contribution in [3.8, 4) is 29.0 Å². The van der Waals surface area contributed by atoms with Crippen molar-refractivity contribution in [2.75, 3.05) is 5.32 Å². The summed E-state index contributed by atoms with van der Waals surface area (Å²) in [6, 6.07) is 21.6. The Morgan fingerprint density at radius 1 is 1.00 bits per heavy atom. The van der Waals surface area contributed by atoms with E-state index in [0.717, 1.165) is 5.56 Å². The molecule has 0 unspecified atom stereocenters. The molecule has 0 bridgehead atoms. The lowest BCUT2D eigenvalue weighted by Crippen LogP contribution is -2.13. The van der Waals surface area contributed by atoms with Crippen molar-refractivity contribution in [3.05, 3.63) is 84.1 Å².